The molecule has 0 fully saturated rings. The number of carbonyl (C=O) groups is 3. The van der Waals surface area contributed by atoms with E-state index in [0.29, 0.717) is 23.1 Å². The van der Waals surface area contributed by atoms with Crippen molar-refractivity contribution in [3.63, 3.8) is 0 Å². The number of furan rings is 1. The number of aromatic nitrogens is 1. The predicted molar refractivity (Wildman–Crippen MR) is 121 cm³/mol. The van der Waals surface area contributed by atoms with Gasteiger partial charge in [0.15, 0.2) is 11.5 Å². The zero-order valence-electron chi connectivity index (χ0n) is 18.4. The Hall–Kier alpha value is -4.34. The number of ether oxygens (including phenoxy) is 2. The molecule has 3 amide bonds. The molecule has 10 heteroatoms. The molecule has 0 bridgehead atoms. The Morgan fingerprint density at radius 2 is 1.85 bits per heavy atom. The Morgan fingerprint density at radius 1 is 0.971 bits per heavy atom. The molecule has 0 spiro atoms. The first-order valence-corrected chi connectivity index (χ1v) is 10.7. The molecular weight excluding hydrogens is 440 g/mol. The molecule has 176 valence electrons. The van der Waals surface area contributed by atoms with Crippen molar-refractivity contribution in [2.45, 2.75) is 25.9 Å². The van der Waals surface area contributed by atoms with Crippen LogP contribution in [0.2, 0.25) is 0 Å². The van der Waals surface area contributed by atoms with Crippen LogP contribution >= 0.6 is 0 Å². The first-order chi connectivity index (χ1) is 16.6. The molecule has 1 aliphatic rings. The van der Waals surface area contributed by atoms with Crippen molar-refractivity contribution < 1.29 is 28.3 Å². The number of hydrogen-bond acceptors (Lipinski definition) is 7. The number of anilines is 1. The van der Waals surface area contributed by atoms with Crippen molar-refractivity contribution >= 4 is 23.5 Å². The third-order valence-electron chi connectivity index (χ3n) is 5.04. The summed E-state index contributed by atoms with van der Waals surface area (Å²) in [5, 5.41) is 5.45. The van der Waals surface area contributed by atoms with E-state index in [1.807, 2.05) is 6.07 Å². The number of nitrogens with one attached hydrogen (secondary N) is 2. The fraction of sp³-hybridized carbons (Fsp3) is 0.250. The molecule has 0 radical (unpaired) electrons. The van der Waals surface area contributed by atoms with Crippen LogP contribution in [0, 0.1) is 0 Å². The van der Waals surface area contributed by atoms with Crippen LogP contribution in [-0.4, -0.2) is 40.9 Å². The maximum absolute atomic E-state index is 12.8. The van der Waals surface area contributed by atoms with E-state index < -0.39 is 0 Å². The summed E-state index contributed by atoms with van der Waals surface area (Å²) >= 11 is 0. The Balaban J connectivity index is 1.30. The third kappa shape index (κ3) is 6.35. The minimum absolute atomic E-state index is 0.0388. The van der Waals surface area contributed by atoms with Gasteiger partial charge in [-0.3, -0.25) is 14.4 Å². The van der Waals surface area contributed by atoms with Gasteiger partial charge in [-0.15, -0.1) is 0 Å². The molecule has 2 N–H and O–H groups in total. The van der Waals surface area contributed by atoms with E-state index in [9.17, 15) is 14.4 Å². The van der Waals surface area contributed by atoms with Gasteiger partial charge in [-0.05, 0) is 42.0 Å². The van der Waals surface area contributed by atoms with E-state index in [-0.39, 0.29) is 57.0 Å². The standard InChI is InChI=1S/C24H24N4O6/c29-22(27-21-5-1-2-10-25-21)8-9-24(31)28(14-18-4-3-11-32-18)15-23(30)26-13-17-6-7-19-20(12-17)34-16-33-19/h1-7,10-12H,8-9,13-16H2,(H,26,30)(H,25,27,29). The molecular formula is C24H24N4O6. The maximum atomic E-state index is 12.8. The minimum atomic E-state index is -0.342. The minimum Gasteiger partial charge on any atom is -0.467 e. The van der Waals surface area contributed by atoms with Gasteiger partial charge >= 0.3 is 0 Å². The van der Waals surface area contributed by atoms with Crippen molar-refractivity contribution in [2.75, 3.05) is 18.7 Å². The van der Waals surface area contributed by atoms with Gasteiger partial charge in [0.1, 0.15) is 11.6 Å². The van der Waals surface area contributed by atoms with Crippen molar-refractivity contribution in [3.8, 4) is 11.5 Å². The molecule has 0 saturated heterocycles. The first kappa shape index (κ1) is 22.8. The second-order valence-electron chi connectivity index (χ2n) is 7.56. The van der Waals surface area contributed by atoms with Crippen LogP contribution in [0.4, 0.5) is 5.82 Å². The Bertz CT molecular complexity index is 1130. The molecule has 2 aromatic heterocycles. The highest BCUT2D eigenvalue weighted by atomic mass is 16.7. The van der Waals surface area contributed by atoms with Crippen molar-refractivity contribution in [3.05, 3.63) is 72.3 Å². The van der Waals surface area contributed by atoms with E-state index in [1.54, 1.807) is 48.7 Å². The average Bonchev–Trinajstić information content (AvgIpc) is 3.53. The van der Waals surface area contributed by atoms with Crippen LogP contribution in [-0.2, 0) is 27.5 Å². The van der Waals surface area contributed by atoms with Gasteiger partial charge in [-0.2, -0.15) is 0 Å². The summed E-state index contributed by atoms with van der Waals surface area (Å²) in [6.45, 7) is 0.386. The molecule has 0 aliphatic carbocycles. The lowest BCUT2D eigenvalue weighted by molar-refractivity contribution is -0.137. The molecule has 0 unspecified atom stereocenters. The molecule has 0 atom stereocenters. The van der Waals surface area contributed by atoms with E-state index in [2.05, 4.69) is 15.6 Å². The van der Waals surface area contributed by atoms with Gasteiger partial charge in [0.25, 0.3) is 0 Å². The second-order valence-corrected chi connectivity index (χ2v) is 7.56. The van der Waals surface area contributed by atoms with Gasteiger partial charge in [0, 0.05) is 25.6 Å². The largest absolute Gasteiger partial charge is 0.467 e. The number of fused-ring (bicyclic) bond motifs is 1. The second kappa shape index (κ2) is 11.0. The summed E-state index contributed by atoms with van der Waals surface area (Å²) in [4.78, 5) is 43.0. The predicted octanol–water partition coefficient (Wildman–Crippen LogP) is 2.47. The molecule has 3 aromatic rings. The van der Waals surface area contributed by atoms with Crippen molar-refractivity contribution in [1.29, 1.82) is 0 Å². The SMILES string of the molecule is O=C(CN(Cc1ccco1)C(=O)CCC(=O)Nc1ccccn1)NCc1ccc2c(c1)OCO2. The molecule has 1 aliphatic heterocycles. The quantitative estimate of drug-likeness (QED) is 0.472. The lowest BCUT2D eigenvalue weighted by atomic mass is 10.2. The first-order valence-electron chi connectivity index (χ1n) is 10.7. The van der Waals surface area contributed by atoms with Crippen LogP contribution in [0.3, 0.4) is 0 Å². The Morgan fingerprint density at radius 3 is 2.65 bits per heavy atom. The van der Waals surface area contributed by atoms with Crippen LogP contribution < -0.4 is 20.1 Å². The highest BCUT2D eigenvalue weighted by molar-refractivity contribution is 5.93. The van der Waals surface area contributed by atoms with Gasteiger partial charge in [-0.1, -0.05) is 12.1 Å². The highest BCUT2D eigenvalue weighted by Gasteiger charge is 2.20. The third-order valence-corrected chi connectivity index (χ3v) is 5.04. The van der Waals surface area contributed by atoms with Gasteiger partial charge in [0.05, 0.1) is 19.4 Å². The Kier molecular flexibility index (Phi) is 7.39. The zero-order chi connectivity index (χ0) is 23.8. The van der Waals surface area contributed by atoms with Crippen LogP contribution in [0.5, 0.6) is 11.5 Å². The number of rotatable bonds is 10. The number of hydrogen-bond donors (Lipinski definition) is 2. The summed E-state index contributed by atoms with van der Waals surface area (Å²) in [7, 11) is 0. The summed E-state index contributed by atoms with van der Waals surface area (Å²) in [6.07, 6.45) is 2.96. The number of amides is 3. The smallest absolute Gasteiger partial charge is 0.239 e. The summed E-state index contributed by atoms with van der Waals surface area (Å²) in [6, 6.07) is 14.0. The lowest BCUT2D eigenvalue weighted by Gasteiger charge is -2.21. The fourth-order valence-corrected chi connectivity index (χ4v) is 3.32. The zero-order valence-corrected chi connectivity index (χ0v) is 18.4. The van der Waals surface area contributed by atoms with E-state index in [1.165, 1.54) is 11.2 Å². The average molecular weight is 464 g/mol. The maximum Gasteiger partial charge on any atom is 0.239 e. The molecule has 1 aromatic carbocycles. The lowest BCUT2D eigenvalue weighted by Crippen LogP contribution is -2.40. The van der Waals surface area contributed by atoms with Crippen LogP contribution in [0.15, 0.2) is 65.4 Å². The van der Waals surface area contributed by atoms with Crippen LogP contribution in [0.1, 0.15) is 24.2 Å². The number of benzene rings is 1. The topological polar surface area (TPSA) is 123 Å². The van der Waals surface area contributed by atoms with Crippen molar-refractivity contribution in [2.24, 2.45) is 0 Å². The fourth-order valence-electron chi connectivity index (χ4n) is 3.32. The molecule has 34 heavy (non-hydrogen) atoms. The molecule has 0 saturated carbocycles. The van der Waals surface area contributed by atoms with Gasteiger partial charge in [0.2, 0.25) is 24.5 Å². The van der Waals surface area contributed by atoms with E-state index >= 15 is 0 Å². The van der Waals surface area contributed by atoms with Gasteiger partial charge in [-0.25, -0.2) is 4.98 Å². The van der Waals surface area contributed by atoms with E-state index in [0.717, 1.165) is 5.56 Å². The van der Waals surface area contributed by atoms with Crippen LogP contribution in [0.25, 0.3) is 0 Å². The number of carbonyl (C=O) groups excluding carboxylic acids is 3. The summed E-state index contributed by atoms with van der Waals surface area (Å²) in [5.41, 5.74) is 0.840. The molecule has 3 heterocycles. The molecule has 4 rings (SSSR count). The summed E-state index contributed by atoms with van der Waals surface area (Å²) in [5.74, 6) is 1.23. The highest BCUT2D eigenvalue weighted by Crippen LogP contribution is 2.32. The normalized spacial score (nSPS) is 11.6. The summed E-state index contributed by atoms with van der Waals surface area (Å²) < 4.78 is 16.0. The van der Waals surface area contributed by atoms with E-state index in [4.69, 9.17) is 13.9 Å². The molecule has 10 nitrogen and oxygen atoms in total. The number of nitrogens with zero attached hydrogens (tertiary/aromatic N) is 2. The number of pyridine rings is 1. The van der Waals surface area contributed by atoms with Gasteiger partial charge < -0.3 is 29.4 Å². The Labute approximate surface area is 195 Å². The van der Waals surface area contributed by atoms with Crippen molar-refractivity contribution in [1.82, 2.24) is 15.2 Å². The monoisotopic (exact) mass is 464 g/mol.